The average Bonchev–Trinajstić information content (AvgIpc) is 2.82. The van der Waals surface area contributed by atoms with Crippen molar-refractivity contribution in [2.75, 3.05) is 24.1 Å². The molecule has 0 spiro atoms. The first-order valence-corrected chi connectivity index (χ1v) is 12.7. The molecule has 4 rings (SSSR count). The molecule has 2 heterocycles. The maximum atomic E-state index is 13.6. The summed E-state index contributed by atoms with van der Waals surface area (Å²) < 4.78 is 21.2. The smallest absolute Gasteiger partial charge is 0.410 e. The number of piperidine rings is 1. The Hall–Kier alpha value is -2.09. The summed E-state index contributed by atoms with van der Waals surface area (Å²) in [7, 11) is -1.46. The highest BCUT2D eigenvalue weighted by Gasteiger charge is 2.33. The molecule has 0 radical (unpaired) electrons. The molecule has 3 unspecified atom stereocenters. The van der Waals surface area contributed by atoms with Crippen LogP contribution in [0.15, 0.2) is 53.4 Å². The number of aryl methyl sites for hydroxylation is 1. The van der Waals surface area contributed by atoms with Gasteiger partial charge in [0.1, 0.15) is 6.61 Å². The molecule has 0 aliphatic carbocycles. The minimum Gasteiger partial charge on any atom is -0.447 e. The zero-order chi connectivity index (χ0) is 22.5. The number of amides is 1. The van der Waals surface area contributed by atoms with E-state index in [2.05, 4.69) is 6.07 Å². The number of para-hydroxylation sites is 1. The van der Waals surface area contributed by atoms with Crippen molar-refractivity contribution in [2.24, 2.45) is 0 Å². The van der Waals surface area contributed by atoms with Crippen LogP contribution in [0.25, 0.3) is 0 Å². The van der Waals surface area contributed by atoms with Gasteiger partial charge in [-0.1, -0.05) is 29.8 Å². The fourth-order valence-electron chi connectivity index (χ4n) is 4.55. The van der Waals surface area contributed by atoms with Crippen LogP contribution < -0.4 is 4.31 Å². The molecule has 0 saturated carbocycles. The number of nitrogens with zero attached hydrogens (tertiary/aromatic N) is 2. The molecular weight excluding hydrogens is 448 g/mol. The van der Waals surface area contributed by atoms with Gasteiger partial charge in [-0.15, -0.1) is 0 Å². The van der Waals surface area contributed by atoms with Gasteiger partial charge in [-0.2, -0.15) is 0 Å². The lowest BCUT2D eigenvalue weighted by atomic mass is 9.98. The van der Waals surface area contributed by atoms with Crippen LogP contribution in [-0.4, -0.2) is 52.2 Å². The third kappa shape index (κ3) is 5.11. The second kappa shape index (κ2) is 10.7. The van der Waals surface area contributed by atoms with E-state index in [1.54, 1.807) is 29.2 Å². The monoisotopic (exact) mass is 476 g/mol. The number of carbonyl (C=O) groups is 1. The van der Waals surface area contributed by atoms with E-state index < -0.39 is 11.0 Å². The quantitative estimate of drug-likeness (QED) is 0.663. The highest BCUT2D eigenvalue weighted by atomic mass is 35.5. The number of halogens is 1. The Morgan fingerprint density at radius 2 is 1.88 bits per heavy atom. The van der Waals surface area contributed by atoms with E-state index in [9.17, 15) is 14.1 Å². The molecule has 6 nitrogen and oxygen atoms in total. The predicted molar refractivity (Wildman–Crippen MR) is 126 cm³/mol. The number of aliphatic hydroxyl groups is 1. The summed E-state index contributed by atoms with van der Waals surface area (Å²) in [4.78, 5) is 15.3. The lowest BCUT2D eigenvalue weighted by molar-refractivity contribution is 0.0618. The molecule has 2 aromatic rings. The standard InChI is InChI=1S/C24H29ClN2O4S/c25-19-9-12-22(13-10-19)32(30)27-21(11-8-18-5-1-2-7-23(18)27)17-31-24(29)26-15-4-3-6-20(26)14-16-28/h1-2,5,7,9-10,12-13,20-21,28H,3-4,6,8,11,14-17H2. The molecule has 0 bridgehead atoms. The fraction of sp³-hybridized carbons (Fsp3) is 0.458. The van der Waals surface area contributed by atoms with Crippen molar-refractivity contribution >= 4 is 34.4 Å². The van der Waals surface area contributed by atoms with Crippen LogP contribution in [0.1, 0.15) is 37.7 Å². The van der Waals surface area contributed by atoms with Gasteiger partial charge < -0.3 is 14.7 Å². The summed E-state index contributed by atoms with van der Waals surface area (Å²) in [5.74, 6) is 0. The molecule has 3 atom stereocenters. The molecule has 1 saturated heterocycles. The largest absolute Gasteiger partial charge is 0.447 e. The van der Waals surface area contributed by atoms with Gasteiger partial charge in [0, 0.05) is 24.2 Å². The molecule has 1 amide bonds. The molecule has 172 valence electrons. The van der Waals surface area contributed by atoms with Crippen LogP contribution in [0.5, 0.6) is 0 Å². The molecule has 2 aromatic carbocycles. The number of likely N-dealkylation sites (tertiary alicyclic amines) is 1. The summed E-state index contributed by atoms with van der Waals surface area (Å²) in [6, 6.07) is 14.8. The molecule has 32 heavy (non-hydrogen) atoms. The van der Waals surface area contributed by atoms with Crippen LogP contribution in [0, 0.1) is 0 Å². The zero-order valence-electron chi connectivity index (χ0n) is 18.0. The van der Waals surface area contributed by atoms with E-state index >= 15 is 0 Å². The highest BCUT2D eigenvalue weighted by molar-refractivity contribution is 7.86. The third-order valence-electron chi connectivity index (χ3n) is 6.22. The highest BCUT2D eigenvalue weighted by Crippen LogP contribution is 2.34. The lowest BCUT2D eigenvalue weighted by Crippen LogP contribution is -2.47. The number of carbonyl (C=O) groups excluding carboxylic acids is 1. The molecular formula is C24H29ClN2O4S. The summed E-state index contributed by atoms with van der Waals surface area (Å²) in [6.07, 6.45) is 4.69. The maximum absolute atomic E-state index is 13.6. The summed E-state index contributed by atoms with van der Waals surface area (Å²) in [5, 5.41) is 9.93. The van der Waals surface area contributed by atoms with Crippen molar-refractivity contribution in [3.05, 3.63) is 59.1 Å². The van der Waals surface area contributed by atoms with Gasteiger partial charge in [0.2, 0.25) is 0 Å². The summed E-state index contributed by atoms with van der Waals surface area (Å²) in [5.41, 5.74) is 2.04. The third-order valence-corrected chi connectivity index (χ3v) is 8.00. The first kappa shape index (κ1) is 23.1. The molecule has 2 aliphatic heterocycles. The van der Waals surface area contributed by atoms with Crippen molar-refractivity contribution in [1.82, 2.24) is 4.90 Å². The van der Waals surface area contributed by atoms with Gasteiger partial charge in [-0.25, -0.2) is 9.00 Å². The number of hydrogen-bond acceptors (Lipinski definition) is 4. The average molecular weight is 477 g/mol. The molecule has 1 fully saturated rings. The van der Waals surface area contributed by atoms with Crippen LogP contribution in [0.4, 0.5) is 10.5 Å². The number of rotatable bonds is 6. The summed E-state index contributed by atoms with van der Waals surface area (Å²) >= 11 is 6.01. The molecule has 2 aliphatic rings. The van der Waals surface area contributed by atoms with Crippen LogP contribution >= 0.6 is 11.6 Å². The number of benzene rings is 2. The first-order chi connectivity index (χ1) is 15.6. The van der Waals surface area contributed by atoms with Crippen LogP contribution in [0.2, 0.25) is 5.02 Å². The Kier molecular flexibility index (Phi) is 7.71. The maximum Gasteiger partial charge on any atom is 0.410 e. The zero-order valence-corrected chi connectivity index (χ0v) is 19.6. The Labute approximate surface area is 196 Å². The lowest BCUT2D eigenvalue weighted by Gasteiger charge is -2.38. The second-order valence-electron chi connectivity index (χ2n) is 8.28. The van der Waals surface area contributed by atoms with Crippen molar-refractivity contribution in [3.63, 3.8) is 0 Å². The van der Waals surface area contributed by atoms with E-state index in [-0.39, 0.29) is 31.4 Å². The van der Waals surface area contributed by atoms with Gasteiger partial charge in [-0.3, -0.25) is 4.31 Å². The van der Waals surface area contributed by atoms with Crippen molar-refractivity contribution in [2.45, 2.75) is 55.5 Å². The summed E-state index contributed by atoms with van der Waals surface area (Å²) in [6.45, 7) is 0.869. The van der Waals surface area contributed by atoms with Gasteiger partial charge in [0.15, 0.2) is 11.0 Å². The van der Waals surface area contributed by atoms with Gasteiger partial charge in [-0.05, 0) is 74.4 Å². The normalized spacial score (nSPS) is 21.7. The van der Waals surface area contributed by atoms with E-state index in [0.717, 1.165) is 43.4 Å². The van der Waals surface area contributed by atoms with E-state index in [1.807, 2.05) is 22.5 Å². The van der Waals surface area contributed by atoms with Crippen LogP contribution in [-0.2, 0) is 22.1 Å². The predicted octanol–water partition coefficient (Wildman–Crippen LogP) is 4.56. The van der Waals surface area contributed by atoms with Crippen molar-refractivity contribution in [3.8, 4) is 0 Å². The minimum absolute atomic E-state index is 0.0210. The number of anilines is 1. The number of fused-ring (bicyclic) bond motifs is 1. The van der Waals surface area contributed by atoms with E-state index in [4.69, 9.17) is 16.3 Å². The minimum atomic E-state index is -1.46. The Bertz CT molecular complexity index is 953. The number of ether oxygens (including phenoxy) is 1. The molecule has 8 heteroatoms. The topological polar surface area (TPSA) is 70.1 Å². The molecule has 1 N–H and O–H groups in total. The van der Waals surface area contributed by atoms with Crippen molar-refractivity contribution in [1.29, 1.82) is 0 Å². The second-order valence-corrected chi connectivity index (χ2v) is 10.1. The fourth-order valence-corrected chi connectivity index (χ4v) is 6.07. The Morgan fingerprint density at radius 3 is 2.66 bits per heavy atom. The van der Waals surface area contributed by atoms with E-state index in [0.29, 0.717) is 22.9 Å². The van der Waals surface area contributed by atoms with Crippen molar-refractivity contribution < 1.29 is 18.8 Å². The van der Waals surface area contributed by atoms with Crippen LogP contribution in [0.3, 0.4) is 0 Å². The Balaban J connectivity index is 1.52. The Morgan fingerprint density at radius 1 is 1.09 bits per heavy atom. The van der Waals surface area contributed by atoms with Gasteiger partial charge in [0.05, 0.1) is 16.6 Å². The SMILES string of the molecule is O=C(OCC1CCc2ccccc2N1S(=O)c1ccc(Cl)cc1)N1CCCCC1CCO. The number of aliphatic hydroxyl groups excluding tert-OH is 1. The first-order valence-electron chi connectivity index (χ1n) is 11.2. The number of hydrogen-bond donors (Lipinski definition) is 1. The van der Waals surface area contributed by atoms with Gasteiger partial charge in [0.25, 0.3) is 0 Å². The molecule has 0 aromatic heterocycles. The van der Waals surface area contributed by atoms with Gasteiger partial charge >= 0.3 is 6.09 Å². The van der Waals surface area contributed by atoms with E-state index in [1.165, 1.54) is 0 Å².